The minimum absolute atomic E-state index is 0.287. The zero-order valence-corrected chi connectivity index (χ0v) is 10.9. The molecule has 6 heteroatoms. The Bertz CT molecular complexity index is 498. The molecule has 0 bridgehead atoms. The first kappa shape index (κ1) is 11.3. The Morgan fingerprint density at radius 1 is 1.38 bits per heavy atom. The van der Waals surface area contributed by atoms with Gasteiger partial charge in [-0.25, -0.2) is 15.0 Å². The highest BCUT2D eigenvalue weighted by Crippen LogP contribution is 2.30. The summed E-state index contributed by atoms with van der Waals surface area (Å²) in [5.41, 5.74) is 6.43. The maximum atomic E-state index is 5.58. The number of nitrogens with two attached hydrogens (primary N) is 1. The summed E-state index contributed by atoms with van der Waals surface area (Å²) in [5.74, 6) is 0.287. The van der Waals surface area contributed by atoms with E-state index < -0.39 is 0 Å². The van der Waals surface area contributed by atoms with Gasteiger partial charge >= 0.3 is 0 Å². The maximum absolute atomic E-state index is 5.58. The topological polar surface area (TPSA) is 64.7 Å². The van der Waals surface area contributed by atoms with Gasteiger partial charge in [-0.3, -0.25) is 0 Å². The fraction of sp³-hybridized carbons (Fsp3) is 0.100. The molecule has 0 atom stereocenters. The number of halogens is 1. The van der Waals surface area contributed by atoms with Crippen LogP contribution in [0.1, 0.15) is 5.69 Å². The third kappa shape index (κ3) is 2.70. The van der Waals surface area contributed by atoms with E-state index in [0.29, 0.717) is 0 Å². The van der Waals surface area contributed by atoms with Crippen molar-refractivity contribution in [2.75, 3.05) is 5.73 Å². The quantitative estimate of drug-likeness (QED) is 0.863. The van der Waals surface area contributed by atoms with E-state index >= 15 is 0 Å². The molecule has 2 heterocycles. The summed E-state index contributed by atoms with van der Waals surface area (Å²) < 4.78 is 0.940. The lowest BCUT2D eigenvalue weighted by atomic mass is 10.5. The van der Waals surface area contributed by atoms with Gasteiger partial charge in [0.05, 0.1) is 4.47 Å². The lowest BCUT2D eigenvalue weighted by Crippen LogP contribution is -1.97. The summed E-state index contributed by atoms with van der Waals surface area (Å²) >= 11 is 4.89. The number of rotatable bonds is 2. The van der Waals surface area contributed by atoms with Gasteiger partial charge in [-0.1, -0.05) is 0 Å². The van der Waals surface area contributed by atoms with E-state index in [0.717, 1.165) is 20.2 Å². The number of aromatic nitrogens is 3. The van der Waals surface area contributed by atoms with Gasteiger partial charge in [0.25, 0.3) is 0 Å². The zero-order chi connectivity index (χ0) is 11.5. The molecule has 2 aromatic heterocycles. The van der Waals surface area contributed by atoms with Crippen LogP contribution in [0.25, 0.3) is 0 Å². The van der Waals surface area contributed by atoms with Crippen LogP contribution in [0.5, 0.6) is 0 Å². The highest BCUT2D eigenvalue weighted by molar-refractivity contribution is 9.10. The van der Waals surface area contributed by atoms with Crippen molar-refractivity contribution in [3.8, 4) is 0 Å². The number of nitrogens with zero attached hydrogens (tertiary/aromatic N) is 3. The predicted octanol–water partition coefficient (Wildman–Crippen LogP) is 2.68. The summed E-state index contributed by atoms with van der Waals surface area (Å²) in [5, 5.41) is 1.66. The van der Waals surface area contributed by atoms with Gasteiger partial charge in [0.2, 0.25) is 5.95 Å². The van der Waals surface area contributed by atoms with Crippen molar-refractivity contribution in [2.24, 2.45) is 0 Å². The second-order valence-corrected chi connectivity index (χ2v) is 4.96. The van der Waals surface area contributed by atoms with Crippen LogP contribution >= 0.6 is 27.7 Å². The Morgan fingerprint density at radius 2 is 2.19 bits per heavy atom. The molecular formula is C10H9BrN4S. The molecule has 0 radical (unpaired) electrons. The normalized spacial score (nSPS) is 10.4. The second-order valence-electron chi connectivity index (χ2n) is 3.10. The van der Waals surface area contributed by atoms with E-state index in [2.05, 4.69) is 30.9 Å². The Kier molecular flexibility index (Phi) is 3.40. The summed E-state index contributed by atoms with van der Waals surface area (Å²) in [6, 6.07) is 5.68. The van der Waals surface area contributed by atoms with Crippen molar-refractivity contribution in [3.05, 3.63) is 34.6 Å². The largest absolute Gasteiger partial charge is 0.368 e. The zero-order valence-electron chi connectivity index (χ0n) is 8.51. The van der Waals surface area contributed by atoms with E-state index in [1.54, 1.807) is 6.20 Å². The van der Waals surface area contributed by atoms with Crippen LogP contribution in [0.2, 0.25) is 0 Å². The molecule has 0 aliphatic heterocycles. The molecule has 0 saturated carbocycles. The van der Waals surface area contributed by atoms with Gasteiger partial charge in [-0.2, -0.15) is 0 Å². The van der Waals surface area contributed by atoms with Crippen molar-refractivity contribution in [1.82, 2.24) is 15.0 Å². The average molecular weight is 297 g/mol. The maximum Gasteiger partial charge on any atom is 0.221 e. The Labute approximate surface area is 106 Å². The first-order valence-electron chi connectivity index (χ1n) is 4.54. The van der Waals surface area contributed by atoms with Crippen molar-refractivity contribution in [3.63, 3.8) is 0 Å². The molecule has 2 N–H and O–H groups in total. The molecule has 0 saturated heterocycles. The molecule has 0 amide bonds. The summed E-state index contributed by atoms with van der Waals surface area (Å²) in [7, 11) is 0. The number of hydrogen-bond donors (Lipinski definition) is 1. The molecule has 0 unspecified atom stereocenters. The van der Waals surface area contributed by atoms with Crippen molar-refractivity contribution in [1.29, 1.82) is 0 Å². The van der Waals surface area contributed by atoms with Crippen LogP contribution in [0.3, 0.4) is 0 Å². The van der Waals surface area contributed by atoms with Gasteiger partial charge in [0.1, 0.15) is 10.1 Å². The third-order valence-corrected chi connectivity index (χ3v) is 3.61. The fourth-order valence-electron chi connectivity index (χ4n) is 1.16. The van der Waals surface area contributed by atoms with Crippen molar-refractivity contribution in [2.45, 2.75) is 17.0 Å². The van der Waals surface area contributed by atoms with E-state index in [1.807, 2.05) is 25.1 Å². The van der Waals surface area contributed by atoms with Gasteiger partial charge in [-0.15, -0.1) is 0 Å². The lowest BCUT2D eigenvalue weighted by Gasteiger charge is -2.03. The smallest absolute Gasteiger partial charge is 0.221 e. The van der Waals surface area contributed by atoms with Gasteiger partial charge in [-0.05, 0) is 52.8 Å². The van der Waals surface area contributed by atoms with Crippen LogP contribution < -0.4 is 5.73 Å². The monoisotopic (exact) mass is 296 g/mol. The van der Waals surface area contributed by atoms with E-state index in [1.165, 1.54) is 11.8 Å². The van der Waals surface area contributed by atoms with Crippen molar-refractivity contribution < 1.29 is 0 Å². The molecule has 82 valence electrons. The number of nitrogen functional groups attached to an aromatic ring is 1. The minimum Gasteiger partial charge on any atom is -0.368 e. The third-order valence-electron chi connectivity index (χ3n) is 1.77. The minimum atomic E-state index is 0.287. The number of anilines is 1. The molecule has 0 spiro atoms. The van der Waals surface area contributed by atoms with E-state index in [-0.39, 0.29) is 5.95 Å². The Hall–Kier alpha value is -1.14. The summed E-state index contributed by atoms with van der Waals surface area (Å²) in [4.78, 5) is 12.4. The summed E-state index contributed by atoms with van der Waals surface area (Å²) in [6.45, 7) is 1.88. The molecule has 16 heavy (non-hydrogen) atoms. The van der Waals surface area contributed by atoms with Gasteiger partial charge in [0.15, 0.2) is 0 Å². The molecule has 2 aromatic rings. The number of pyridine rings is 1. The lowest BCUT2D eigenvalue weighted by molar-refractivity contribution is 1.01. The summed E-state index contributed by atoms with van der Waals surface area (Å²) in [6.07, 6.45) is 1.74. The molecule has 0 aliphatic carbocycles. The van der Waals surface area contributed by atoms with Crippen LogP contribution in [-0.2, 0) is 0 Å². The van der Waals surface area contributed by atoms with Gasteiger partial charge in [0, 0.05) is 11.9 Å². The molecule has 0 fully saturated rings. The van der Waals surface area contributed by atoms with Crippen LogP contribution in [-0.4, -0.2) is 15.0 Å². The highest BCUT2D eigenvalue weighted by Gasteiger charge is 2.06. The van der Waals surface area contributed by atoms with E-state index in [4.69, 9.17) is 5.73 Å². The molecule has 0 aliphatic rings. The molecule has 4 nitrogen and oxygen atoms in total. The first-order valence-corrected chi connectivity index (χ1v) is 6.15. The fourth-order valence-corrected chi connectivity index (χ4v) is 2.50. The second kappa shape index (κ2) is 4.80. The number of aryl methyl sites for hydroxylation is 1. The first-order chi connectivity index (χ1) is 7.65. The predicted molar refractivity (Wildman–Crippen MR) is 67.2 cm³/mol. The Morgan fingerprint density at radius 3 is 2.88 bits per heavy atom. The Balaban J connectivity index is 2.30. The molecule has 0 aromatic carbocycles. The molecule has 2 rings (SSSR count). The van der Waals surface area contributed by atoms with Crippen LogP contribution in [0, 0.1) is 6.92 Å². The highest BCUT2D eigenvalue weighted by atomic mass is 79.9. The van der Waals surface area contributed by atoms with Crippen LogP contribution in [0.15, 0.2) is 38.9 Å². The van der Waals surface area contributed by atoms with E-state index in [9.17, 15) is 0 Å². The SMILES string of the molecule is Cc1cc(Sc2ncccc2Br)nc(N)n1. The molecular weight excluding hydrogens is 288 g/mol. The number of hydrogen-bond acceptors (Lipinski definition) is 5. The average Bonchev–Trinajstić information content (AvgIpc) is 2.20. The van der Waals surface area contributed by atoms with Crippen LogP contribution in [0.4, 0.5) is 5.95 Å². The van der Waals surface area contributed by atoms with Gasteiger partial charge < -0.3 is 5.73 Å². The standard InChI is InChI=1S/C10H9BrN4S/c1-6-5-8(15-10(12)14-6)16-9-7(11)3-2-4-13-9/h2-5H,1H3,(H2,12,14,15). The van der Waals surface area contributed by atoms with Crippen molar-refractivity contribution >= 4 is 33.6 Å².